The van der Waals surface area contributed by atoms with Gasteiger partial charge in [-0.05, 0) is 200 Å². The van der Waals surface area contributed by atoms with Crippen LogP contribution in [0.1, 0.15) is 177 Å². The Morgan fingerprint density at radius 2 is 0.568 bits per heavy atom. The van der Waals surface area contributed by atoms with E-state index in [1.807, 2.05) is 0 Å². The van der Waals surface area contributed by atoms with Crippen LogP contribution in [0.2, 0.25) is 0 Å². The van der Waals surface area contributed by atoms with Crippen molar-refractivity contribution >= 4 is 34.1 Å². The Morgan fingerprint density at radius 3 is 0.779 bits per heavy atom. The van der Waals surface area contributed by atoms with Crippen molar-refractivity contribution in [3.05, 3.63) is 281 Å². The van der Waals surface area contributed by atoms with Gasteiger partial charge in [-0.2, -0.15) is 0 Å². The van der Waals surface area contributed by atoms with Crippen LogP contribution < -0.4 is 0 Å². The molecule has 0 spiro atoms. The van der Waals surface area contributed by atoms with Gasteiger partial charge < -0.3 is 29.7 Å². The van der Waals surface area contributed by atoms with Gasteiger partial charge in [0.05, 0.1) is 0 Å². The van der Waals surface area contributed by atoms with Crippen LogP contribution >= 0.6 is 34.1 Å². The van der Waals surface area contributed by atoms with Crippen LogP contribution in [0.15, 0.2) is 229 Å². The summed E-state index contributed by atoms with van der Waals surface area (Å²) in [5.41, 5.74) is 12.3. The minimum absolute atomic E-state index is 0. The second-order valence-electron chi connectivity index (χ2n) is 32.3. The number of benzene rings is 4. The molecule has 0 bridgehead atoms. The Hall–Kier alpha value is -2.53. The topological polar surface area (TPSA) is 0 Å². The first kappa shape index (κ1) is 83.1. The van der Waals surface area contributed by atoms with Gasteiger partial charge in [0, 0.05) is 10.8 Å². The molecule has 12 rings (SSSR count). The second kappa shape index (κ2) is 35.4. The Morgan fingerprint density at radius 1 is 0.347 bits per heavy atom. The molecule has 512 valence electrons. The first-order valence-corrected chi connectivity index (χ1v) is 47.1. The summed E-state index contributed by atoms with van der Waals surface area (Å²) in [5.74, 6) is 7.24. The van der Waals surface area contributed by atoms with Crippen molar-refractivity contribution in [2.24, 2.45) is 105 Å². The Balaban J connectivity index is 0.00000143. The molecular weight excluding hydrogens is 1390 g/mol. The molecule has 0 heterocycles. The van der Waals surface area contributed by atoms with Crippen molar-refractivity contribution in [1.29, 1.82) is 0 Å². The standard InChI is InChI=1S/C84H104.CH4.4CH3.4ClH.2Zr/c1-79(2,3)63-43-47-69-70-48-44-64(80(4,5)6)54-74(70)77(73(69)53-63)83(59-31-21-15-22-32-59,60-33-23-16-24-34-60)67-41-39-57(51-67)29-19-13-14-20-30-58-40-42-68(52-58)84(61-35-25-17-26-36-61,62-37-27-18-28-38-62)78-75-55-65(81(7,8)9)45-49-71(75)72-50-46-66(56-76(72)78)82(10,11)12;;;;;;;;;;;/h13-18,21-28,31-38,43-50,53-58,67-78H,19-20,29-30,39-42,51-52H2,1-12H3;1H4;4*1H3;4*1H;;/q;;4*-1;;;;;2*+4/p-4/b14-13+;;;;;;;;;;;. The molecule has 4 saturated carbocycles. The molecule has 0 saturated heterocycles. The molecule has 95 heavy (non-hydrogen) atoms. The van der Waals surface area contributed by atoms with E-state index >= 15 is 0 Å². The summed E-state index contributed by atoms with van der Waals surface area (Å²) in [5, 5.41) is 0. The van der Waals surface area contributed by atoms with E-state index in [1.54, 1.807) is 0 Å². The molecule has 0 radical (unpaired) electrons. The fraction of sp³-hybridized carbons (Fsp3) is 0.483. The van der Waals surface area contributed by atoms with Crippen LogP contribution in [0.5, 0.6) is 0 Å². The Labute approximate surface area is 620 Å². The fourth-order valence-electron chi connectivity index (χ4n) is 19.4. The number of fused-ring (bicyclic) bond motifs is 6. The van der Waals surface area contributed by atoms with E-state index in [-0.39, 0.29) is 69.6 Å². The summed E-state index contributed by atoms with van der Waals surface area (Å²) in [4.78, 5) is 0. The summed E-state index contributed by atoms with van der Waals surface area (Å²) in [6, 6.07) is 48.0. The van der Waals surface area contributed by atoms with Crippen LogP contribution in [0.4, 0.5) is 0 Å². The number of halogens is 4. The molecule has 6 heteroatoms. The quantitative estimate of drug-likeness (QED) is 0.0872. The van der Waals surface area contributed by atoms with Crippen LogP contribution in [0.25, 0.3) is 0 Å². The van der Waals surface area contributed by atoms with Crippen LogP contribution in [-0.4, -0.2) is 0 Å². The predicted octanol–water partition coefficient (Wildman–Crippen LogP) is 27.5. The minimum atomic E-state index is -0.826. The molecule has 0 N–H and O–H groups in total. The van der Waals surface area contributed by atoms with Crippen molar-refractivity contribution in [2.75, 3.05) is 0 Å². The number of hydrogen-bond donors (Lipinski definition) is 0. The molecule has 8 aliphatic carbocycles. The average molecular weight is 1510 g/mol. The molecule has 12 unspecified atom stereocenters. The van der Waals surface area contributed by atoms with Crippen molar-refractivity contribution < 1.29 is 41.7 Å². The fourth-order valence-corrected chi connectivity index (χ4v) is 19.4. The van der Waals surface area contributed by atoms with Gasteiger partial charge in [0.25, 0.3) is 0 Å². The van der Waals surface area contributed by atoms with Gasteiger partial charge in [-0.15, -0.1) is 0 Å². The maximum atomic E-state index is 4.93. The van der Waals surface area contributed by atoms with Crippen molar-refractivity contribution in [3.63, 3.8) is 0 Å². The van der Waals surface area contributed by atoms with Gasteiger partial charge in [-0.1, -0.05) is 310 Å². The number of rotatable bonds is 14. The van der Waals surface area contributed by atoms with E-state index < -0.39 is 41.7 Å². The molecule has 0 amide bonds. The van der Waals surface area contributed by atoms with E-state index in [9.17, 15) is 0 Å². The van der Waals surface area contributed by atoms with Crippen LogP contribution in [0, 0.1) is 134 Å². The average Bonchev–Trinajstić information content (AvgIpc) is 1.41. The molecule has 4 fully saturated rings. The summed E-state index contributed by atoms with van der Waals surface area (Å²) in [6.07, 6.45) is 49.8. The van der Waals surface area contributed by atoms with Gasteiger partial charge >= 0.3 is 75.7 Å². The molecule has 0 nitrogen and oxygen atoms in total. The molecule has 8 aliphatic rings. The predicted molar refractivity (Wildman–Crippen MR) is 414 cm³/mol. The summed E-state index contributed by atoms with van der Waals surface area (Å²) >= 11 is -1.65. The Kier molecular flexibility index (Phi) is 31.0. The molecule has 0 aliphatic heterocycles. The zero-order valence-corrected chi connectivity index (χ0v) is 68.2. The molecule has 12 atom stereocenters. The van der Waals surface area contributed by atoms with Gasteiger partial charge in [-0.3, -0.25) is 0 Å². The van der Waals surface area contributed by atoms with Crippen LogP contribution in [-0.2, 0) is 52.5 Å². The van der Waals surface area contributed by atoms with Crippen molar-refractivity contribution in [2.45, 2.75) is 166 Å². The third-order valence-corrected chi connectivity index (χ3v) is 23.3. The first-order valence-electron chi connectivity index (χ1n) is 34.4. The van der Waals surface area contributed by atoms with Crippen molar-refractivity contribution in [3.8, 4) is 0 Å². The first-order chi connectivity index (χ1) is 43.0. The maximum absolute atomic E-state index is 4.93. The molecular formula is C89H120Cl4Zr2. The van der Waals surface area contributed by atoms with Gasteiger partial charge in [0.15, 0.2) is 0 Å². The third-order valence-electron chi connectivity index (χ3n) is 23.3. The van der Waals surface area contributed by atoms with Gasteiger partial charge in [-0.25, -0.2) is 0 Å². The SMILES string of the molecule is C.CC(C)(C)C1=CC2C(C=C1)C1C=CC(C(C)(C)C)=CC1C2C(c1ccccc1)(c1ccccc1)C1CCC(CC/C=C/CCC2CCC(C(c3ccccc3)(c3ccccc3)C3C4C=C(C(C)(C)C)C=CC4C4C=CC(C(C)(C)C)=CC43)C2)C1.[CH3-].[CH3-].[CH3-].[CH3-].[Cl][Zr+2][Cl].[Cl][Zr+2][Cl]. The van der Waals surface area contributed by atoms with Gasteiger partial charge in [0.1, 0.15) is 0 Å². The van der Waals surface area contributed by atoms with E-state index in [2.05, 4.69) is 289 Å². The van der Waals surface area contributed by atoms with Crippen molar-refractivity contribution in [1.82, 2.24) is 0 Å². The summed E-state index contributed by atoms with van der Waals surface area (Å²) < 4.78 is 0. The van der Waals surface area contributed by atoms with Gasteiger partial charge in [0.2, 0.25) is 0 Å². The summed E-state index contributed by atoms with van der Waals surface area (Å²) in [7, 11) is 19.7. The van der Waals surface area contributed by atoms with E-state index in [0.29, 0.717) is 71.0 Å². The molecule has 4 aromatic rings. The summed E-state index contributed by atoms with van der Waals surface area (Å²) in [6.45, 7) is 29.1. The third kappa shape index (κ3) is 17.5. The van der Waals surface area contributed by atoms with E-state index in [4.69, 9.17) is 34.1 Å². The van der Waals surface area contributed by atoms with E-state index in [1.165, 1.54) is 109 Å². The van der Waals surface area contributed by atoms with E-state index in [0.717, 1.165) is 11.8 Å². The Bertz CT molecular complexity index is 2890. The monoisotopic (exact) mass is 1510 g/mol. The molecule has 4 aromatic carbocycles. The zero-order chi connectivity index (χ0) is 64.2. The second-order valence-corrected chi connectivity index (χ2v) is 39.8. The zero-order valence-electron chi connectivity index (χ0n) is 60.3. The number of allylic oxidation sites excluding steroid dienone is 18. The van der Waals surface area contributed by atoms with Crippen LogP contribution in [0.3, 0.4) is 0 Å². The number of hydrogen-bond acceptors (Lipinski definition) is 0. The molecule has 0 aromatic heterocycles. The normalized spacial score (nSPS) is 27.9.